The summed E-state index contributed by atoms with van der Waals surface area (Å²) in [6.07, 6.45) is 0.941. The number of carbonyl (C=O) groups excluding carboxylic acids is 2. The highest BCUT2D eigenvalue weighted by Gasteiger charge is 2.30. The van der Waals surface area contributed by atoms with Gasteiger partial charge in [0.15, 0.2) is 0 Å². The van der Waals surface area contributed by atoms with Gasteiger partial charge in [0.1, 0.15) is 11.6 Å². The largest absolute Gasteiger partial charge is 0.396 e. The fourth-order valence-corrected chi connectivity index (χ4v) is 3.96. The number of hydrogen-bond donors (Lipinski definition) is 1. The fraction of sp³-hybridized carbons (Fsp3) is 0.364. The van der Waals surface area contributed by atoms with Crippen molar-refractivity contribution in [2.24, 2.45) is 11.8 Å². The van der Waals surface area contributed by atoms with E-state index in [0.717, 1.165) is 17.6 Å². The van der Waals surface area contributed by atoms with E-state index in [1.807, 2.05) is 0 Å². The number of hydrogen-bond acceptors (Lipinski definition) is 3. The average molecular weight is 481 g/mol. The molecule has 2 aromatic carbocycles. The molecule has 5 nitrogen and oxygen atoms in total. The normalized spacial score (nSPS) is 21.1. The first-order chi connectivity index (χ1) is 14.4. The molecule has 2 aliphatic heterocycles. The summed E-state index contributed by atoms with van der Waals surface area (Å²) in [7, 11) is 0. The smallest absolute Gasteiger partial charge is 0.227 e. The lowest BCUT2D eigenvalue weighted by atomic mass is 10.1. The molecule has 160 valence electrons. The molecule has 2 aromatic rings. The van der Waals surface area contributed by atoms with Crippen LogP contribution >= 0.6 is 15.9 Å². The maximum atomic E-state index is 12.7. The quantitative estimate of drug-likeness (QED) is 0.677. The Kier molecular flexibility index (Phi) is 7.55. The first-order valence-corrected chi connectivity index (χ1v) is 10.8. The van der Waals surface area contributed by atoms with E-state index >= 15 is 0 Å². The van der Waals surface area contributed by atoms with Crippen LogP contribution in [-0.2, 0) is 9.59 Å². The molecule has 2 unspecified atom stereocenters. The Morgan fingerprint density at radius 1 is 0.800 bits per heavy atom. The summed E-state index contributed by atoms with van der Waals surface area (Å²) in [5, 5.41) is 9.78. The highest BCUT2D eigenvalue weighted by Crippen LogP contribution is 2.26. The Labute approximate surface area is 182 Å². The van der Waals surface area contributed by atoms with E-state index in [1.165, 1.54) is 24.3 Å². The summed E-state index contributed by atoms with van der Waals surface area (Å²) in [5.74, 6) is -0.122. The summed E-state index contributed by atoms with van der Waals surface area (Å²) in [5.41, 5.74) is 1.47. The molecular formula is C22H23BrF2N2O3. The number of carbonyl (C=O) groups is 2. The van der Waals surface area contributed by atoms with E-state index in [-0.39, 0.29) is 36.0 Å². The third-order valence-electron chi connectivity index (χ3n) is 5.16. The topological polar surface area (TPSA) is 60.9 Å². The van der Waals surface area contributed by atoms with Crippen LogP contribution in [0.4, 0.5) is 20.2 Å². The molecule has 0 aromatic heterocycles. The summed E-state index contributed by atoms with van der Waals surface area (Å²) < 4.78 is 25.4. The Bertz CT molecular complexity index is 803. The number of aliphatic hydroxyl groups is 1. The average Bonchev–Trinajstić information content (AvgIpc) is 3.32. The van der Waals surface area contributed by atoms with Gasteiger partial charge in [-0.1, -0.05) is 15.9 Å². The van der Waals surface area contributed by atoms with Gasteiger partial charge in [-0.05, 0) is 54.4 Å². The molecule has 0 aliphatic carbocycles. The molecule has 30 heavy (non-hydrogen) atoms. The molecule has 0 saturated carbocycles. The Hall–Kier alpha value is -2.32. The van der Waals surface area contributed by atoms with Gasteiger partial charge in [-0.3, -0.25) is 9.59 Å². The first kappa shape index (κ1) is 22.4. The van der Waals surface area contributed by atoms with Crippen LogP contribution in [0.15, 0.2) is 48.5 Å². The molecule has 8 heteroatoms. The predicted molar refractivity (Wildman–Crippen MR) is 115 cm³/mol. The van der Waals surface area contributed by atoms with Crippen molar-refractivity contribution in [3.63, 3.8) is 0 Å². The molecule has 2 saturated heterocycles. The zero-order valence-corrected chi connectivity index (χ0v) is 17.9. The van der Waals surface area contributed by atoms with Gasteiger partial charge in [0.25, 0.3) is 0 Å². The van der Waals surface area contributed by atoms with Gasteiger partial charge in [0, 0.05) is 55.2 Å². The van der Waals surface area contributed by atoms with E-state index in [4.69, 9.17) is 5.11 Å². The van der Waals surface area contributed by atoms with Crippen LogP contribution < -0.4 is 9.80 Å². The minimum absolute atomic E-state index is 0.00236. The molecule has 1 N–H and O–H groups in total. The fourth-order valence-electron chi connectivity index (χ4n) is 3.53. The molecule has 0 radical (unpaired) electrons. The van der Waals surface area contributed by atoms with Crippen molar-refractivity contribution < 1.29 is 23.5 Å². The SMILES string of the molecule is O=C1CC(CBr)CN1c1ccc(F)cc1.O=C1CC(CO)CN1c1ccc(F)cc1. The van der Waals surface area contributed by atoms with Crippen LogP contribution in [0.3, 0.4) is 0 Å². The van der Waals surface area contributed by atoms with Crippen molar-refractivity contribution in [2.45, 2.75) is 12.8 Å². The van der Waals surface area contributed by atoms with Crippen molar-refractivity contribution in [1.82, 2.24) is 0 Å². The molecule has 2 aliphatic rings. The van der Waals surface area contributed by atoms with Crippen LogP contribution in [0.1, 0.15) is 12.8 Å². The maximum Gasteiger partial charge on any atom is 0.227 e. The summed E-state index contributed by atoms with van der Waals surface area (Å²) >= 11 is 3.38. The van der Waals surface area contributed by atoms with Gasteiger partial charge in [-0.2, -0.15) is 0 Å². The minimum Gasteiger partial charge on any atom is -0.396 e. The standard InChI is InChI=1S/C11H11BrFNO.C11H12FNO2/c12-6-8-5-11(15)14(7-8)10-3-1-9(13)2-4-10;12-9-1-3-10(4-2-9)13-6-8(7-14)5-11(13)15/h1-4,8H,5-7H2;1-4,8,14H,5-7H2. The van der Waals surface area contributed by atoms with E-state index < -0.39 is 0 Å². The number of halogens is 3. The monoisotopic (exact) mass is 480 g/mol. The number of benzene rings is 2. The van der Waals surface area contributed by atoms with E-state index in [1.54, 1.807) is 34.1 Å². The van der Waals surface area contributed by atoms with Crippen LogP contribution in [-0.4, -0.2) is 41.9 Å². The van der Waals surface area contributed by atoms with Gasteiger partial charge in [-0.25, -0.2) is 8.78 Å². The third-order valence-corrected chi connectivity index (χ3v) is 6.08. The van der Waals surface area contributed by atoms with Crippen LogP contribution in [0.5, 0.6) is 0 Å². The summed E-state index contributed by atoms with van der Waals surface area (Å²) in [6.45, 7) is 1.25. The molecule has 2 atom stereocenters. The van der Waals surface area contributed by atoms with Gasteiger partial charge < -0.3 is 14.9 Å². The zero-order valence-electron chi connectivity index (χ0n) is 16.3. The van der Waals surface area contributed by atoms with Crippen LogP contribution in [0, 0.1) is 23.5 Å². The lowest BCUT2D eigenvalue weighted by Crippen LogP contribution is -2.24. The lowest BCUT2D eigenvalue weighted by molar-refractivity contribution is -0.118. The molecule has 0 spiro atoms. The van der Waals surface area contributed by atoms with Crippen molar-refractivity contribution in [2.75, 3.05) is 34.8 Å². The number of rotatable bonds is 4. The lowest BCUT2D eigenvalue weighted by Gasteiger charge is -2.16. The molecular weight excluding hydrogens is 458 g/mol. The van der Waals surface area contributed by atoms with Gasteiger partial charge in [-0.15, -0.1) is 0 Å². The van der Waals surface area contributed by atoms with E-state index in [2.05, 4.69) is 15.9 Å². The highest BCUT2D eigenvalue weighted by molar-refractivity contribution is 9.09. The zero-order chi connectivity index (χ0) is 21.7. The second-order valence-corrected chi connectivity index (χ2v) is 8.09. The highest BCUT2D eigenvalue weighted by atomic mass is 79.9. The summed E-state index contributed by atoms with van der Waals surface area (Å²) in [6, 6.07) is 11.9. The van der Waals surface area contributed by atoms with Crippen molar-refractivity contribution in [1.29, 1.82) is 0 Å². The van der Waals surface area contributed by atoms with Gasteiger partial charge in [0.05, 0.1) is 0 Å². The number of amides is 2. The number of aliphatic hydroxyl groups excluding tert-OH is 1. The molecule has 2 heterocycles. The Balaban J connectivity index is 0.000000171. The second-order valence-electron chi connectivity index (χ2n) is 7.44. The number of nitrogens with zero attached hydrogens (tertiary/aromatic N) is 2. The third kappa shape index (κ3) is 5.43. The van der Waals surface area contributed by atoms with Gasteiger partial charge in [0.2, 0.25) is 11.8 Å². The Morgan fingerprint density at radius 3 is 1.53 bits per heavy atom. The molecule has 0 bridgehead atoms. The predicted octanol–water partition coefficient (Wildman–Crippen LogP) is 3.74. The van der Waals surface area contributed by atoms with Crippen molar-refractivity contribution in [3.8, 4) is 0 Å². The van der Waals surface area contributed by atoms with Crippen LogP contribution in [0.25, 0.3) is 0 Å². The minimum atomic E-state index is -0.316. The first-order valence-electron chi connectivity index (χ1n) is 9.70. The number of alkyl halides is 1. The maximum absolute atomic E-state index is 12.7. The molecule has 4 rings (SSSR count). The van der Waals surface area contributed by atoms with E-state index in [0.29, 0.717) is 31.0 Å². The number of anilines is 2. The second kappa shape index (κ2) is 10.1. The Morgan fingerprint density at radius 2 is 1.20 bits per heavy atom. The van der Waals surface area contributed by atoms with Crippen molar-refractivity contribution in [3.05, 3.63) is 60.2 Å². The van der Waals surface area contributed by atoms with Crippen LogP contribution in [0.2, 0.25) is 0 Å². The van der Waals surface area contributed by atoms with Gasteiger partial charge >= 0.3 is 0 Å². The molecule has 2 fully saturated rings. The summed E-state index contributed by atoms with van der Waals surface area (Å²) in [4.78, 5) is 26.5. The molecule has 2 amide bonds. The van der Waals surface area contributed by atoms with Crippen molar-refractivity contribution >= 4 is 39.1 Å². The van der Waals surface area contributed by atoms with E-state index in [9.17, 15) is 18.4 Å².